The van der Waals surface area contributed by atoms with E-state index >= 15 is 0 Å². The first-order valence-corrected chi connectivity index (χ1v) is 14.3. The van der Waals surface area contributed by atoms with Crippen LogP contribution in [0.4, 0.5) is 0 Å². The molecule has 42 heavy (non-hydrogen) atoms. The number of rotatable bonds is 17. The third-order valence-corrected chi connectivity index (χ3v) is 7.21. The Labute approximate surface area is 254 Å². The van der Waals surface area contributed by atoms with Crippen LogP contribution in [0.5, 0.6) is 28.7 Å². The van der Waals surface area contributed by atoms with E-state index in [9.17, 15) is 14.4 Å². The molecule has 11 nitrogen and oxygen atoms in total. The summed E-state index contributed by atoms with van der Waals surface area (Å²) in [5, 5.41) is 0. The maximum absolute atomic E-state index is 13.6. The van der Waals surface area contributed by atoms with Crippen LogP contribution in [0.25, 0.3) is 0 Å². The molecule has 2 rings (SSSR count). The number of halogens is 1. The van der Waals surface area contributed by atoms with Gasteiger partial charge in [0.05, 0.1) is 64.9 Å². The zero-order valence-electron chi connectivity index (χ0n) is 25.1. The van der Waals surface area contributed by atoms with Gasteiger partial charge < -0.3 is 37.9 Å². The zero-order valence-corrected chi connectivity index (χ0v) is 26.7. The molecule has 12 heteroatoms. The minimum absolute atomic E-state index is 0.0256. The van der Waals surface area contributed by atoms with Gasteiger partial charge >= 0.3 is 17.9 Å². The Kier molecular flexibility index (Phi) is 13.7. The fourth-order valence-corrected chi connectivity index (χ4v) is 5.09. The molecule has 0 saturated heterocycles. The third-order valence-electron chi connectivity index (χ3n) is 6.37. The van der Waals surface area contributed by atoms with Crippen LogP contribution >= 0.6 is 15.9 Å². The number of hydrogen-bond acceptors (Lipinski definition) is 11. The van der Waals surface area contributed by atoms with Gasteiger partial charge in [0.2, 0.25) is 11.5 Å². The molecule has 0 aliphatic heterocycles. The van der Waals surface area contributed by atoms with Crippen LogP contribution in [0.2, 0.25) is 0 Å². The van der Waals surface area contributed by atoms with Crippen LogP contribution in [-0.4, -0.2) is 72.8 Å². The van der Waals surface area contributed by atoms with Crippen LogP contribution in [-0.2, 0) is 30.2 Å². The first-order valence-electron chi connectivity index (χ1n) is 13.5. The predicted molar refractivity (Wildman–Crippen MR) is 157 cm³/mol. The second-order valence-corrected chi connectivity index (χ2v) is 9.62. The second-order valence-electron chi connectivity index (χ2n) is 8.82. The van der Waals surface area contributed by atoms with Crippen molar-refractivity contribution in [3.05, 3.63) is 39.9 Å². The molecule has 0 spiro atoms. The Morgan fingerprint density at radius 1 is 0.714 bits per heavy atom. The summed E-state index contributed by atoms with van der Waals surface area (Å²) in [6.45, 7) is 5.59. The number of benzene rings is 2. The van der Waals surface area contributed by atoms with Crippen molar-refractivity contribution < 1.29 is 52.3 Å². The maximum Gasteiger partial charge on any atom is 0.338 e. The van der Waals surface area contributed by atoms with Crippen molar-refractivity contribution in [2.75, 3.05) is 54.9 Å². The van der Waals surface area contributed by atoms with Gasteiger partial charge in [-0.25, -0.2) is 4.79 Å². The van der Waals surface area contributed by atoms with E-state index in [0.717, 1.165) is 0 Å². The SMILES string of the molecule is CCOC(=O)c1ccc(OCCCC(Cc2c(Br)c(OC)c(OC)c(OC)c2OC)(C(=O)OCC)C(=O)OCC)cc1. The highest BCUT2D eigenvalue weighted by Gasteiger charge is 2.50. The molecule has 2 aromatic carbocycles. The van der Waals surface area contributed by atoms with E-state index in [1.807, 2.05) is 0 Å². The number of ether oxygens (including phenoxy) is 8. The topological polar surface area (TPSA) is 125 Å². The highest BCUT2D eigenvalue weighted by Crippen LogP contribution is 2.53. The summed E-state index contributed by atoms with van der Waals surface area (Å²) in [6, 6.07) is 6.49. The standard InChI is InChI=1S/C30H39BrO11/c1-8-39-27(32)19-12-14-20(15-13-19)42-17-11-16-30(28(33)40-9-2,29(34)41-10-3)18-21-22(31)24(36-5)26(38-7)25(37-6)23(21)35-4/h12-15H,8-11,16-18H2,1-7H3. The average molecular weight is 656 g/mol. The van der Waals surface area contributed by atoms with Crippen LogP contribution in [0, 0.1) is 5.41 Å². The van der Waals surface area contributed by atoms with Crippen LogP contribution in [0.15, 0.2) is 28.7 Å². The maximum atomic E-state index is 13.6. The Balaban J connectivity index is 2.48. The Morgan fingerprint density at radius 2 is 1.21 bits per heavy atom. The van der Waals surface area contributed by atoms with Crippen LogP contribution in [0.3, 0.4) is 0 Å². The van der Waals surface area contributed by atoms with Crippen molar-refractivity contribution in [3.8, 4) is 28.7 Å². The molecule has 0 unspecified atom stereocenters. The molecule has 0 atom stereocenters. The quantitative estimate of drug-likeness (QED) is 0.0970. The van der Waals surface area contributed by atoms with E-state index in [1.54, 1.807) is 45.0 Å². The van der Waals surface area contributed by atoms with Gasteiger partial charge in [0.25, 0.3) is 0 Å². The van der Waals surface area contributed by atoms with E-state index in [-0.39, 0.29) is 62.9 Å². The smallest absolute Gasteiger partial charge is 0.338 e. The molecule has 2 aromatic rings. The van der Waals surface area contributed by atoms with E-state index in [0.29, 0.717) is 27.1 Å². The number of carbonyl (C=O) groups is 3. The highest BCUT2D eigenvalue weighted by atomic mass is 79.9. The molecule has 0 N–H and O–H groups in total. The normalized spacial score (nSPS) is 10.9. The van der Waals surface area contributed by atoms with Gasteiger partial charge in [0.1, 0.15) is 5.75 Å². The lowest BCUT2D eigenvalue weighted by Gasteiger charge is -2.31. The van der Waals surface area contributed by atoms with E-state index in [4.69, 9.17) is 37.9 Å². The Morgan fingerprint density at radius 3 is 1.69 bits per heavy atom. The fourth-order valence-electron chi connectivity index (χ4n) is 4.43. The van der Waals surface area contributed by atoms with E-state index in [2.05, 4.69) is 15.9 Å². The van der Waals surface area contributed by atoms with E-state index < -0.39 is 23.3 Å². The summed E-state index contributed by atoms with van der Waals surface area (Å²) in [6.07, 6.45) is 0.138. The van der Waals surface area contributed by atoms with Gasteiger partial charge in [-0.1, -0.05) is 0 Å². The molecule has 0 saturated carbocycles. The number of esters is 3. The first-order chi connectivity index (χ1) is 20.2. The molecule has 0 aliphatic carbocycles. The lowest BCUT2D eigenvalue weighted by atomic mass is 9.77. The Bertz CT molecular complexity index is 1190. The van der Waals surface area contributed by atoms with Gasteiger partial charge in [-0.05, 0) is 73.8 Å². The highest BCUT2D eigenvalue weighted by molar-refractivity contribution is 9.10. The fraction of sp³-hybridized carbons (Fsp3) is 0.500. The van der Waals surface area contributed by atoms with Gasteiger partial charge in [-0.15, -0.1) is 0 Å². The van der Waals surface area contributed by atoms with Gasteiger partial charge in [-0.3, -0.25) is 9.59 Å². The summed E-state index contributed by atoms with van der Waals surface area (Å²) in [4.78, 5) is 39.1. The minimum atomic E-state index is -1.76. The summed E-state index contributed by atoms with van der Waals surface area (Å²) >= 11 is 3.55. The van der Waals surface area contributed by atoms with Crippen molar-refractivity contribution in [3.63, 3.8) is 0 Å². The second kappa shape index (κ2) is 16.7. The van der Waals surface area contributed by atoms with Crippen LogP contribution < -0.4 is 23.7 Å². The molecule has 0 aliphatic rings. The summed E-state index contributed by atoms with van der Waals surface area (Å²) in [5.74, 6) is -0.366. The lowest BCUT2D eigenvalue weighted by Crippen LogP contribution is -2.44. The van der Waals surface area contributed by atoms with Gasteiger partial charge in [-0.2, -0.15) is 0 Å². The lowest BCUT2D eigenvalue weighted by molar-refractivity contribution is -0.173. The monoisotopic (exact) mass is 654 g/mol. The Hall–Kier alpha value is -3.67. The molecule has 0 aromatic heterocycles. The van der Waals surface area contributed by atoms with Crippen molar-refractivity contribution in [1.29, 1.82) is 0 Å². The van der Waals surface area contributed by atoms with Gasteiger partial charge in [0.15, 0.2) is 16.9 Å². The van der Waals surface area contributed by atoms with Crippen molar-refractivity contribution in [2.24, 2.45) is 5.41 Å². The molecule has 232 valence electrons. The molecule has 0 heterocycles. The number of hydrogen-bond donors (Lipinski definition) is 0. The van der Waals surface area contributed by atoms with Gasteiger partial charge in [0, 0.05) is 12.0 Å². The minimum Gasteiger partial charge on any atom is -0.494 e. The average Bonchev–Trinajstić information content (AvgIpc) is 2.99. The number of carbonyl (C=O) groups excluding carboxylic acids is 3. The molecule has 0 bridgehead atoms. The van der Waals surface area contributed by atoms with Crippen molar-refractivity contribution >= 4 is 33.8 Å². The molecule has 0 radical (unpaired) electrons. The van der Waals surface area contributed by atoms with Crippen molar-refractivity contribution in [2.45, 2.75) is 40.0 Å². The largest absolute Gasteiger partial charge is 0.494 e. The molecular formula is C30H39BrO11. The molecule has 0 fully saturated rings. The molecular weight excluding hydrogens is 616 g/mol. The van der Waals surface area contributed by atoms with Crippen molar-refractivity contribution in [1.82, 2.24) is 0 Å². The summed E-state index contributed by atoms with van der Waals surface area (Å²) in [7, 11) is 5.80. The molecule has 0 amide bonds. The first kappa shape index (κ1) is 34.5. The number of methoxy groups -OCH3 is 4. The zero-order chi connectivity index (χ0) is 31.3. The third kappa shape index (κ3) is 7.78. The predicted octanol–water partition coefficient (Wildman–Crippen LogP) is 5.17. The summed E-state index contributed by atoms with van der Waals surface area (Å²) < 4.78 is 44.5. The summed E-state index contributed by atoms with van der Waals surface area (Å²) in [5.41, 5.74) is -0.940. The van der Waals surface area contributed by atoms with Crippen LogP contribution in [0.1, 0.15) is 49.5 Å². The van der Waals surface area contributed by atoms with E-state index in [1.165, 1.54) is 28.4 Å².